The predicted octanol–water partition coefficient (Wildman–Crippen LogP) is 2.47. The van der Waals surface area contributed by atoms with Gasteiger partial charge in [-0.25, -0.2) is 0 Å². The van der Waals surface area contributed by atoms with Crippen molar-refractivity contribution in [1.82, 2.24) is 4.90 Å². The molecule has 0 radical (unpaired) electrons. The number of aryl methyl sites for hydroxylation is 1. The highest BCUT2D eigenvalue weighted by Crippen LogP contribution is 2.25. The number of benzene rings is 1. The molecule has 5 heteroatoms. The molecule has 0 heterocycles. The van der Waals surface area contributed by atoms with Gasteiger partial charge in [-0.15, -0.1) is 0 Å². The second kappa shape index (κ2) is 9.40. The van der Waals surface area contributed by atoms with E-state index >= 15 is 0 Å². The van der Waals surface area contributed by atoms with Crippen LogP contribution in [0.15, 0.2) is 18.2 Å². The van der Waals surface area contributed by atoms with Crippen LogP contribution in [0.2, 0.25) is 0 Å². The third kappa shape index (κ3) is 6.10. The maximum atomic E-state index is 12.3. The molecule has 0 saturated heterocycles. The van der Waals surface area contributed by atoms with E-state index in [1.165, 1.54) is 0 Å². The molecule has 0 saturated carbocycles. The molecule has 0 spiro atoms. The summed E-state index contributed by atoms with van der Waals surface area (Å²) in [6.07, 6.45) is 1.89. The Balaban J connectivity index is 2.55. The molecule has 0 aromatic heterocycles. The average Bonchev–Trinajstić information content (AvgIpc) is 2.56. The molecule has 2 N–H and O–H groups in total. The Bertz CT molecular complexity index is 503. The monoisotopic (exact) mass is 322 g/mol. The molecule has 1 unspecified atom stereocenters. The summed E-state index contributed by atoms with van der Waals surface area (Å²) in [5.41, 5.74) is 7.01. The van der Waals surface area contributed by atoms with E-state index in [4.69, 9.17) is 15.2 Å². The molecule has 130 valence electrons. The summed E-state index contributed by atoms with van der Waals surface area (Å²) in [6.45, 7) is 4.89. The van der Waals surface area contributed by atoms with E-state index in [0.29, 0.717) is 25.3 Å². The number of ether oxygens (including phenoxy) is 2. The quantitative estimate of drug-likeness (QED) is 0.758. The lowest BCUT2D eigenvalue weighted by Crippen LogP contribution is -2.34. The van der Waals surface area contributed by atoms with E-state index in [0.717, 1.165) is 23.5 Å². The number of rotatable bonds is 9. The highest BCUT2D eigenvalue weighted by atomic mass is 16.5. The molecule has 0 bridgehead atoms. The maximum absolute atomic E-state index is 12.3. The van der Waals surface area contributed by atoms with Gasteiger partial charge in [-0.3, -0.25) is 4.79 Å². The number of nitrogens with two attached hydrogens (primary N) is 1. The predicted molar refractivity (Wildman–Crippen MR) is 92.9 cm³/mol. The summed E-state index contributed by atoms with van der Waals surface area (Å²) in [5.74, 6) is 2.10. The molecule has 0 fully saturated rings. The summed E-state index contributed by atoms with van der Waals surface area (Å²) in [7, 11) is 5.09. The van der Waals surface area contributed by atoms with Crippen LogP contribution >= 0.6 is 0 Å². The lowest BCUT2D eigenvalue weighted by Gasteiger charge is -2.21. The van der Waals surface area contributed by atoms with Crippen molar-refractivity contribution in [3.05, 3.63) is 23.8 Å². The van der Waals surface area contributed by atoms with Gasteiger partial charge >= 0.3 is 0 Å². The second-order valence-electron chi connectivity index (χ2n) is 6.19. The normalized spacial score (nSPS) is 12.1. The third-order valence-corrected chi connectivity index (χ3v) is 4.18. The molecule has 1 amide bonds. The van der Waals surface area contributed by atoms with Crippen molar-refractivity contribution in [2.75, 3.05) is 27.8 Å². The number of carbonyl (C=O) groups is 1. The Morgan fingerprint density at radius 2 is 1.96 bits per heavy atom. The standard InChI is InChI=1S/C18H30N2O3/c1-13(2)16(19)10-11-20(3)18(21)9-6-14-12-15(22-4)7-8-17(14)23-5/h7-8,12-13,16H,6,9-11,19H2,1-5H3. The van der Waals surface area contributed by atoms with Crippen LogP contribution in [0.1, 0.15) is 32.3 Å². The van der Waals surface area contributed by atoms with E-state index in [2.05, 4.69) is 13.8 Å². The molecule has 0 aliphatic heterocycles. The van der Waals surface area contributed by atoms with Crippen molar-refractivity contribution >= 4 is 5.91 Å². The Morgan fingerprint density at radius 1 is 1.26 bits per heavy atom. The minimum absolute atomic E-state index is 0.117. The van der Waals surface area contributed by atoms with Crippen LogP contribution in [-0.4, -0.2) is 44.7 Å². The molecular formula is C18H30N2O3. The molecule has 23 heavy (non-hydrogen) atoms. The SMILES string of the molecule is COc1ccc(OC)c(CCC(=O)N(C)CCC(N)C(C)C)c1. The first kappa shape index (κ1) is 19.3. The molecule has 0 aliphatic rings. The highest BCUT2D eigenvalue weighted by molar-refractivity contribution is 5.76. The van der Waals surface area contributed by atoms with Gasteiger partial charge in [0.15, 0.2) is 0 Å². The Kier molecular flexibility index (Phi) is 7.89. The minimum atomic E-state index is 0.117. The lowest BCUT2D eigenvalue weighted by molar-refractivity contribution is -0.129. The molecule has 1 rings (SSSR count). The van der Waals surface area contributed by atoms with Crippen LogP contribution in [-0.2, 0) is 11.2 Å². The van der Waals surface area contributed by atoms with Crippen LogP contribution in [0.3, 0.4) is 0 Å². The first-order valence-corrected chi connectivity index (χ1v) is 8.09. The van der Waals surface area contributed by atoms with Crippen LogP contribution in [0.25, 0.3) is 0 Å². The fourth-order valence-electron chi connectivity index (χ4n) is 2.31. The molecule has 0 aliphatic carbocycles. The summed E-state index contributed by atoms with van der Waals surface area (Å²) in [4.78, 5) is 14.0. The van der Waals surface area contributed by atoms with Crippen LogP contribution < -0.4 is 15.2 Å². The topological polar surface area (TPSA) is 64.8 Å². The summed E-state index contributed by atoms with van der Waals surface area (Å²) >= 11 is 0. The fraction of sp³-hybridized carbons (Fsp3) is 0.611. The molecule has 5 nitrogen and oxygen atoms in total. The smallest absolute Gasteiger partial charge is 0.222 e. The molecular weight excluding hydrogens is 292 g/mol. The van der Waals surface area contributed by atoms with E-state index in [1.54, 1.807) is 19.1 Å². The molecule has 1 aromatic rings. The molecule has 1 atom stereocenters. The second-order valence-corrected chi connectivity index (χ2v) is 6.19. The number of methoxy groups -OCH3 is 2. The van der Waals surface area contributed by atoms with E-state index < -0.39 is 0 Å². The van der Waals surface area contributed by atoms with Crippen molar-refractivity contribution < 1.29 is 14.3 Å². The zero-order valence-electron chi connectivity index (χ0n) is 15.0. The lowest BCUT2D eigenvalue weighted by atomic mass is 10.0. The minimum Gasteiger partial charge on any atom is -0.497 e. The van der Waals surface area contributed by atoms with Gasteiger partial charge in [-0.05, 0) is 42.5 Å². The van der Waals surface area contributed by atoms with Gasteiger partial charge in [-0.2, -0.15) is 0 Å². The zero-order chi connectivity index (χ0) is 17.4. The van der Waals surface area contributed by atoms with Crippen LogP contribution in [0.4, 0.5) is 0 Å². The van der Waals surface area contributed by atoms with Crippen molar-refractivity contribution in [3.8, 4) is 11.5 Å². The van der Waals surface area contributed by atoms with Crippen molar-refractivity contribution in [1.29, 1.82) is 0 Å². The Morgan fingerprint density at radius 3 is 2.52 bits per heavy atom. The van der Waals surface area contributed by atoms with Crippen molar-refractivity contribution in [2.24, 2.45) is 11.7 Å². The van der Waals surface area contributed by atoms with Crippen molar-refractivity contribution in [3.63, 3.8) is 0 Å². The van der Waals surface area contributed by atoms with Gasteiger partial charge in [-0.1, -0.05) is 13.8 Å². The first-order chi connectivity index (χ1) is 10.9. The summed E-state index contributed by atoms with van der Waals surface area (Å²) in [6, 6.07) is 5.76. The fourth-order valence-corrected chi connectivity index (χ4v) is 2.31. The van der Waals surface area contributed by atoms with Gasteiger partial charge in [0.1, 0.15) is 11.5 Å². The Hall–Kier alpha value is -1.75. The van der Waals surface area contributed by atoms with Gasteiger partial charge in [0.05, 0.1) is 14.2 Å². The number of hydrogen-bond donors (Lipinski definition) is 1. The average molecular weight is 322 g/mol. The number of amides is 1. The maximum Gasteiger partial charge on any atom is 0.222 e. The highest BCUT2D eigenvalue weighted by Gasteiger charge is 2.14. The third-order valence-electron chi connectivity index (χ3n) is 4.18. The molecule has 1 aromatic carbocycles. The Labute approximate surface area is 139 Å². The first-order valence-electron chi connectivity index (χ1n) is 8.09. The van der Waals surface area contributed by atoms with Crippen LogP contribution in [0, 0.1) is 5.92 Å². The van der Waals surface area contributed by atoms with Gasteiger partial charge < -0.3 is 20.1 Å². The largest absolute Gasteiger partial charge is 0.497 e. The summed E-state index contributed by atoms with van der Waals surface area (Å²) in [5, 5.41) is 0. The summed E-state index contributed by atoms with van der Waals surface area (Å²) < 4.78 is 10.6. The van der Waals surface area contributed by atoms with E-state index in [9.17, 15) is 4.79 Å². The number of carbonyl (C=O) groups excluding carboxylic acids is 1. The van der Waals surface area contributed by atoms with Gasteiger partial charge in [0, 0.05) is 26.1 Å². The zero-order valence-corrected chi connectivity index (χ0v) is 15.0. The van der Waals surface area contributed by atoms with Crippen LogP contribution in [0.5, 0.6) is 11.5 Å². The number of nitrogens with zero attached hydrogens (tertiary/aromatic N) is 1. The number of hydrogen-bond acceptors (Lipinski definition) is 4. The van der Waals surface area contributed by atoms with Gasteiger partial charge in [0.25, 0.3) is 0 Å². The van der Waals surface area contributed by atoms with E-state index in [-0.39, 0.29) is 11.9 Å². The van der Waals surface area contributed by atoms with Gasteiger partial charge in [0.2, 0.25) is 5.91 Å². The van der Waals surface area contributed by atoms with Crippen molar-refractivity contribution in [2.45, 2.75) is 39.2 Å². The van der Waals surface area contributed by atoms with E-state index in [1.807, 2.05) is 25.2 Å².